The van der Waals surface area contributed by atoms with Crippen LogP contribution in [0.5, 0.6) is 11.5 Å². The largest absolute Gasteiger partial charge is 0.508 e. The average molecular weight is 289 g/mol. The first-order valence-corrected chi connectivity index (χ1v) is 8.35. The summed E-state index contributed by atoms with van der Waals surface area (Å²) >= 11 is 0. The van der Waals surface area contributed by atoms with Gasteiger partial charge in [-0.15, -0.1) is 0 Å². The number of nitrogens with zero attached hydrogens (tertiary/aromatic N) is 1. The molecule has 2 fully saturated rings. The molecular formula is C18H27NO2. The number of aromatic hydroxyl groups is 2. The molecule has 2 N–H and O–H groups in total. The van der Waals surface area contributed by atoms with Gasteiger partial charge in [0.15, 0.2) is 0 Å². The quantitative estimate of drug-likeness (QED) is 0.857. The maximum absolute atomic E-state index is 9.66. The molecule has 2 aliphatic rings. The van der Waals surface area contributed by atoms with Crippen LogP contribution in [0.4, 0.5) is 0 Å². The molecule has 1 atom stereocenters. The molecule has 1 aromatic rings. The van der Waals surface area contributed by atoms with Crippen LogP contribution in [0, 0.1) is 5.41 Å². The molecule has 1 spiro atoms. The van der Waals surface area contributed by atoms with E-state index in [1.165, 1.54) is 51.0 Å². The average Bonchev–Trinajstić information content (AvgIpc) is 2.47. The highest BCUT2D eigenvalue weighted by atomic mass is 16.3. The molecule has 0 aromatic heterocycles. The molecule has 116 valence electrons. The molecule has 3 heteroatoms. The topological polar surface area (TPSA) is 43.7 Å². The van der Waals surface area contributed by atoms with Crippen molar-refractivity contribution in [2.24, 2.45) is 5.41 Å². The van der Waals surface area contributed by atoms with E-state index in [0.717, 1.165) is 18.7 Å². The summed E-state index contributed by atoms with van der Waals surface area (Å²) in [5, 5.41) is 19.3. The second-order valence-electron chi connectivity index (χ2n) is 7.06. The molecule has 1 unspecified atom stereocenters. The standard InChI is InChI=1S/C18H27NO2/c1-14(15-11-16(20)13-17(21)12-15)19-9-7-18(8-10-19)5-3-2-4-6-18/h11-14,20-21H,2-10H2,1H3. The van der Waals surface area contributed by atoms with Crippen LogP contribution in [0.3, 0.4) is 0 Å². The number of hydrogen-bond donors (Lipinski definition) is 2. The number of rotatable bonds is 2. The van der Waals surface area contributed by atoms with Crippen molar-refractivity contribution in [2.45, 2.75) is 57.9 Å². The summed E-state index contributed by atoms with van der Waals surface area (Å²) in [6, 6.07) is 5.19. The highest BCUT2D eigenvalue weighted by Gasteiger charge is 2.36. The fraction of sp³-hybridized carbons (Fsp3) is 0.667. The first-order chi connectivity index (χ1) is 10.1. The Labute approximate surface area is 127 Å². The van der Waals surface area contributed by atoms with Crippen molar-refractivity contribution < 1.29 is 10.2 Å². The van der Waals surface area contributed by atoms with Crippen molar-refractivity contribution in [2.75, 3.05) is 13.1 Å². The van der Waals surface area contributed by atoms with Gasteiger partial charge in [0.1, 0.15) is 11.5 Å². The fourth-order valence-electron chi connectivity index (χ4n) is 4.26. The second-order valence-corrected chi connectivity index (χ2v) is 7.06. The Bertz CT molecular complexity index is 464. The highest BCUT2D eigenvalue weighted by Crippen LogP contribution is 2.45. The van der Waals surface area contributed by atoms with Crippen LogP contribution < -0.4 is 0 Å². The van der Waals surface area contributed by atoms with Gasteiger partial charge in [-0.05, 0) is 68.8 Å². The lowest BCUT2D eigenvalue weighted by atomic mass is 9.68. The van der Waals surface area contributed by atoms with Crippen molar-refractivity contribution in [1.82, 2.24) is 4.90 Å². The molecule has 1 saturated heterocycles. The van der Waals surface area contributed by atoms with E-state index in [1.807, 2.05) is 0 Å². The van der Waals surface area contributed by atoms with Gasteiger partial charge in [0.05, 0.1) is 0 Å². The smallest absolute Gasteiger partial charge is 0.119 e. The maximum atomic E-state index is 9.66. The molecule has 0 radical (unpaired) electrons. The van der Waals surface area contributed by atoms with Gasteiger partial charge in [-0.1, -0.05) is 19.3 Å². The molecule has 1 aliphatic carbocycles. The third-order valence-electron chi connectivity index (χ3n) is 5.73. The number of benzene rings is 1. The third-order valence-corrected chi connectivity index (χ3v) is 5.73. The van der Waals surface area contributed by atoms with Crippen LogP contribution in [-0.2, 0) is 0 Å². The lowest BCUT2D eigenvalue weighted by Crippen LogP contribution is -2.42. The third kappa shape index (κ3) is 3.18. The molecule has 1 aromatic carbocycles. The van der Waals surface area contributed by atoms with Crippen molar-refractivity contribution in [3.63, 3.8) is 0 Å². The summed E-state index contributed by atoms with van der Waals surface area (Å²) in [7, 11) is 0. The van der Waals surface area contributed by atoms with Crippen LogP contribution in [0.1, 0.15) is 63.5 Å². The summed E-state index contributed by atoms with van der Waals surface area (Å²) in [5.74, 6) is 0.301. The molecule has 0 amide bonds. The van der Waals surface area contributed by atoms with Gasteiger partial charge in [0, 0.05) is 12.1 Å². The van der Waals surface area contributed by atoms with E-state index in [1.54, 1.807) is 12.1 Å². The minimum atomic E-state index is 0.151. The predicted octanol–water partition coefficient (Wildman–Crippen LogP) is 4.21. The Morgan fingerprint density at radius 1 is 0.905 bits per heavy atom. The zero-order chi connectivity index (χ0) is 14.9. The zero-order valence-corrected chi connectivity index (χ0v) is 13.0. The van der Waals surface area contributed by atoms with Crippen LogP contribution in [0.15, 0.2) is 18.2 Å². The normalized spacial score (nSPS) is 24.0. The summed E-state index contributed by atoms with van der Waals surface area (Å²) in [4.78, 5) is 2.49. The summed E-state index contributed by atoms with van der Waals surface area (Å²) in [6.07, 6.45) is 9.70. The van der Waals surface area contributed by atoms with Gasteiger partial charge in [-0.3, -0.25) is 4.90 Å². The van der Waals surface area contributed by atoms with Crippen molar-refractivity contribution in [3.05, 3.63) is 23.8 Å². The predicted molar refractivity (Wildman–Crippen MR) is 84.5 cm³/mol. The Morgan fingerprint density at radius 2 is 1.48 bits per heavy atom. The zero-order valence-electron chi connectivity index (χ0n) is 13.0. The Hall–Kier alpha value is -1.22. The van der Waals surface area contributed by atoms with Crippen LogP contribution in [0.2, 0.25) is 0 Å². The van der Waals surface area contributed by atoms with Gasteiger partial charge in [-0.2, -0.15) is 0 Å². The van der Waals surface area contributed by atoms with Crippen molar-refractivity contribution in [3.8, 4) is 11.5 Å². The Balaban J connectivity index is 1.65. The molecule has 3 nitrogen and oxygen atoms in total. The van der Waals surface area contributed by atoms with E-state index in [9.17, 15) is 10.2 Å². The highest BCUT2D eigenvalue weighted by molar-refractivity contribution is 5.38. The van der Waals surface area contributed by atoms with Crippen LogP contribution >= 0.6 is 0 Å². The fourth-order valence-corrected chi connectivity index (χ4v) is 4.26. The van der Waals surface area contributed by atoms with E-state index in [4.69, 9.17) is 0 Å². The van der Waals surface area contributed by atoms with Gasteiger partial charge >= 0.3 is 0 Å². The second kappa shape index (κ2) is 5.88. The molecular weight excluding hydrogens is 262 g/mol. The first kappa shape index (κ1) is 14.7. The van der Waals surface area contributed by atoms with E-state index < -0.39 is 0 Å². The van der Waals surface area contributed by atoms with Gasteiger partial charge in [0.2, 0.25) is 0 Å². The molecule has 3 rings (SSSR count). The van der Waals surface area contributed by atoms with E-state index in [-0.39, 0.29) is 17.5 Å². The van der Waals surface area contributed by atoms with Crippen LogP contribution in [-0.4, -0.2) is 28.2 Å². The summed E-state index contributed by atoms with van der Waals surface area (Å²) in [5.41, 5.74) is 1.63. The molecule has 1 aliphatic heterocycles. The van der Waals surface area contributed by atoms with Gasteiger partial charge in [-0.25, -0.2) is 0 Å². The number of phenolic OH excluding ortho intramolecular Hbond substituents is 2. The van der Waals surface area contributed by atoms with Crippen molar-refractivity contribution >= 4 is 0 Å². The number of likely N-dealkylation sites (tertiary alicyclic amines) is 1. The van der Waals surface area contributed by atoms with Crippen molar-refractivity contribution in [1.29, 1.82) is 0 Å². The number of phenols is 2. The van der Waals surface area contributed by atoms with E-state index in [2.05, 4.69) is 11.8 Å². The molecule has 0 bridgehead atoms. The lowest BCUT2D eigenvalue weighted by Gasteiger charge is -2.46. The SMILES string of the molecule is CC(c1cc(O)cc(O)c1)N1CCC2(CCCCC2)CC1. The first-order valence-electron chi connectivity index (χ1n) is 8.35. The molecule has 1 saturated carbocycles. The van der Waals surface area contributed by atoms with Gasteiger partial charge in [0.25, 0.3) is 0 Å². The summed E-state index contributed by atoms with van der Waals surface area (Å²) in [6.45, 7) is 4.45. The summed E-state index contributed by atoms with van der Waals surface area (Å²) < 4.78 is 0. The van der Waals surface area contributed by atoms with Gasteiger partial charge < -0.3 is 10.2 Å². The number of piperidine rings is 1. The maximum Gasteiger partial charge on any atom is 0.119 e. The Morgan fingerprint density at radius 3 is 2.05 bits per heavy atom. The minimum Gasteiger partial charge on any atom is -0.508 e. The lowest BCUT2D eigenvalue weighted by molar-refractivity contribution is 0.0486. The van der Waals surface area contributed by atoms with Crippen LogP contribution in [0.25, 0.3) is 0 Å². The van der Waals surface area contributed by atoms with E-state index >= 15 is 0 Å². The van der Waals surface area contributed by atoms with E-state index in [0.29, 0.717) is 5.41 Å². The monoisotopic (exact) mass is 289 g/mol. The number of hydrogen-bond acceptors (Lipinski definition) is 3. The molecule has 1 heterocycles. The minimum absolute atomic E-state index is 0.151. The molecule has 21 heavy (non-hydrogen) atoms. The Kier molecular flexibility index (Phi) is 4.12.